The number of hydrogen-bond donors (Lipinski definition) is 1. The van der Waals surface area contributed by atoms with E-state index in [1.54, 1.807) is 6.33 Å². The SMILES string of the molecule is CCCc1nnsc1C(=O)NC1CCN(c2ncnc3c2CCCC3)CC1. The fraction of sp³-hybridized carbons (Fsp3) is 0.632. The molecule has 0 spiro atoms. The summed E-state index contributed by atoms with van der Waals surface area (Å²) in [6.45, 7) is 3.91. The smallest absolute Gasteiger partial charge is 0.265 e. The zero-order chi connectivity index (χ0) is 18.6. The first-order valence-electron chi connectivity index (χ1n) is 9.96. The molecule has 8 heteroatoms. The highest BCUT2D eigenvalue weighted by molar-refractivity contribution is 7.08. The van der Waals surface area contributed by atoms with Crippen molar-refractivity contribution < 1.29 is 4.79 Å². The van der Waals surface area contributed by atoms with Crippen molar-refractivity contribution >= 4 is 23.3 Å². The molecule has 1 saturated heterocycles. The van der Waals surface area contributed by atoms with Gasteiger partial charge in [-0.1, -0.05) is 17.8 Å². The molecule has 1 fully saturated rings. The molecule has 4 rings (SSSR count). The van der Waals surface area contributed by atoms with Gasteiger partial charge in [-0.05, 0) is 56.5 Å². The molecule has 1 aliphatic carbocycles. The Hall–Kier alpha value is -2.09. The molecule has 2 aliphatic rings. The summed E-state index contributed by atoms with van der Waals surface area (Å²) in [5.41, 5.74) is 3.39. The van der Waals surface area contributed by atoms with Crippen LogP contribution in [0.15, 0.2) is 6.33 Å². The molecule has 2 aromatic rings. The van der Waals surface area contributed by atoms with Crippen molar-refractivity contribution in [3.05, 3.63) is 28.2 Å². The largest absolute Gasteiger partial charge is 0.356 e. The van der Waals surface area contributed by atoms with Crippen LogP contribution in [0.1, 0.15) is 65.7 Å². The zero-order valence-corrected chi connectivity index (χ0v) is 16.6. The Bertz CT molecular complexity index is 799. The van der Waals surface area contributed by atoms with Gasteiger partial charge in [0.15, 0.2) is 0 Å². The summed E-state index contributed by atoms with van der Waals surface area (Å²) in [5, 5.41) is 7.28. The zero-order valence-electron chi connectivity index (χ0n) is 15.8. The van der Waals surface area contributed by atoms with Gasteiger partial charge in [0.2, 0.25) is 0 Å². The summed E-state index contributed by atoms with van der Waals surface area (Å²) in [4.78, 5) is 24.7. The first-order chi connectivity index (χ1) is 13.3. The molecule has 7 nitrogen and oxygen atoms in total. The summed E-state index contributed by atoms with van der Waals surface area (Å²) >= 11 is 1.20. The number of piperidine rings is 1. The first-order valence-corrected chi connectivity index (χ1v) is 10.7. The van der Waals surface area contributed by atoms with Crippen molar-refractivity contribution in [1.82, 2.24) is 24.9 Å². The van der Waals surface area contributed by atoms with Crippen LogP contribution in [0.5, 0.6) is 0 Å². The number of nitrogens with zero attached hydrogens (tertiary/aromatic N) is 5. The van der Waals surface area contributed by atoms with Gasteiger partial charge in [-0.25, -0.2) is 9.97 Å². The normalized spacial score (nSPS) is 17.6. The van der Waals surface area contributed by atoms with E-state index in [0.29, 0.717) is 4.88 Å². The molecule has 2 aromatic heterocycles. The Morgan fingerprint density at radius 2 is 2.07 bits per heavy atom. The van der Waals surface area contributed by atoms with Crippen molar-refractivity contribution in [3.63, 3.8) is 0 Å². The van der Waals surface area contributed by atoms with Gasteiger partial charge in [0, 0.05) is 30.4 Å². The third-order valence-electron chi connectivity index (χ3n) is 5.48. The Kier molecular flexibility index (Phi) is 5.61. The molecule has 1 amide bonds. The number of nitrogens with one attached hydrogen (secondary N) is 1. The van der Waals surface area contributed by atoms with Crippen molar-refractivity contribution in [2.75, 3.05) is 18.0 Å². The fourth-order valence-corrected chi connectivity index (χ4v) is 4.66. The topological polar surface area (TPSA) is 83.9 Å². The second-order valence-corrected chi connectivity index (χ2v) is 8.12. The summed E-state index contributed by atoms with van der Waals surface area (Å²) < 4.78 is 3.96. The van der Waals surface area contributed by atoms with Gasteiger partial charge in [-0.2, -0.15) is 0 Å². The van der Waals surface area contributed by atoms with Crippen molar-refractivity contribution in [2.24, 2.45) is 0 Å². The van der Waals surface area contributed by atoms with Crippen LogP contribution in [-0.4, -0.2) is 44.6 Å². The number of aromatic nitrogens is 4. The van der Waals surface area contributed by atoms with Gasteiger partial charge >= 0.3 is 0 Å². The highest BCUT2D eigenvalue weighted by Crippen LogP contribution is 2.29. The number of anilines is 1. The fourth-order valence-electron chi connectivity index (χ4n) is 4.04. The number of carbonyl (C=O) groups excluding carboxylic acids is 1. The van der Waals surface area contributed by atoms with E-state index >= 15 is 0 Å². The molecule has 0 aromatic carbocycles. The monoisotopic (exact) mass is 386 g/mol. The van der Waals surface area contributed by atoms with Crippen molar-refractivity contribution in [2.45, 2.75) is 64.3 Å². The summed E-state index contributed by atoms with van der Waals surface area (Å²) in [6, 6.07) is 0.197. The average Bonchev–Trinajstić information content (AvgIpc) is 3.17. The third kappa shape index (κ3) is 3.95. The molecule has 0 radical (unpaired) electrons. The Balaban J connectivity index is 1.37. The van der Waals surface area contributed by atoms with Crippen LogP contribution < -0.4 is 10.2 Å². The van der Waals surface area contributed by atoms with Crippen molar-refractivity contribution in [3.8, 4) is 0 Å². The van der Waals surface area contributed by atoms with Gasteiger partial charge in [-0.15, -0.1) is 5.10 Å². The van der Waals surface area contributed by atoms with Gasteiger partial charge in [0.25, 0.3) is 5.91 Å². The number of aryl methyl sites for hydroxylation is 2. The van der Waals surface area contributed by atoms with Gasteiger partial charge in [0.05, 0.1) is 5.69 Å². The minimum Gasteiger partial charge on any atom is -0.356 e. The molecule has 0 unspecified atom stereocenters. The Labute approximate surface area is 163 Å². The standard InChI is InChI=1S/C19H26N6OS/c1-2-5-16-17(27-24-23-16)19(26)22-13-8-10-25(11-9-13)18-14-6-3-4-7-15(14)20-12-21-18/h12-13H,2-11H2,1H3,(H,22,26). The lowest BCUT2D eigenvalue weighted by atomic mass is 9.95. The Morgan fingerprint density at radius 3 is 2.89 bits per heavy atom. The van der Waals surface area contributed by atoms with Crippen LogP contribution in [0.3, 0.4) is 0 Å². The highest BCUT2D eigenvalue weighted by Gasteiger charge is 2.26. The maximum Gasteiger partial charge on any atom is 0.265 e. The van der Waals surface area contributed by atoms with Crippen LogP contribution in [-0.2, 0) is 19.3 Å². The van der Waals surface area contributed by atoms with Crippen LogP contribution in [0, 0.1) is 0 Å². The number of rotatable bonds is 5. The Morgan fingerprint density at radius 1 is 1.26 bits per heavy atom. The van der Waals surface area contributed by atoms with Crippen LogP contribution in [0.4, 0.5) is 5.82 Å². The van der Waals surface area contributed by atoms with E-state index in [-0.39, 0.29) is 11.9 Å². The lowest BCUT2D eigenvalue weighted by Crippen LogP contribution is -2.45. The van der Waals surface area contributed by atoms with Gasteiger partial charge in [0.1, 0.15) is 17.0 Å². The highest BCUT2D eigenvalue weighted by atomic mass is 32.1. The number of amides is 1. The average molecular weight is 387 g/mol. The summed E-state index contributed by atoms with van der Waals surface area (Å²) in [7, 11) is 0. The van der Waals surface area contributed by atoms with Crippen LogP contribution >= 0.6 is 11.5 Å². The van der Waals surface area contributed by atoms with E-state index in [1.807, 2.05) is 0 Å². The molecular weight excluding hydrogens is 360 g/mol. The molecule has 3 heterocycles. The maximum absolute atomic E-state index is 12.6. The number of fused-ring (bicyclic) bond motifs is 1. The van der Waals surface area contributed by atoms with Crippen molar-refractivity contribution in [1.29, 1.82) is 0 Å². The summed E-state index contributed by atoms with van der Waals surface area (Å²) in [5.74, 6) is 1.09. The molecule has 1 N–H and O–H groups in total. The maximum atomic E-state index is 12.6. The number of carbonyl (C=O) groups is 1. The van der Waals surface area contributed by atoms with E-state index in [1.165, 1.54) is 35.6 Å². The molecule has 0 atom stereocenters. The van der Waals surface area contributed by atoms with Gasteiger partial charge < -0.3 is 10.2 Å². The molecule has 144 valence electrons. The molecule has 0 saturated carbocycles. The number of hydrogen-bond acceptors (Lipinski definition) is 7. The first kappa shape index (κ1) is 18.3. The van der Waals surface area contributed by atoms with Gasteiger partial charge in [-0.3, -0.25) is 4.79 Å². The minimum absolute atomic E-state index is 0.0219. The van der Waals surface area contributed by atoms with E-state index in [9.17, 15) is 4.79 Å². The third-order valence-corrected chi connectivity index (χ3v) is 6.25. The predicted molar refractivity (Wildman–Crippen MR) is 105 cm³/mol. The van der Waals surface area contributed by atoms with E-state index in [2.05, 4.69) is 36.7 Å². The lowest BCUT2D eigenvalue weighted by molar-refractivity contribution is 0.0934. The second-order valence-electron chi connectivity index (χ2n) is 7.36. The van der Waals surface area contributed by atoms with Crippen LogP contribution in [0.2, 0.25) is 0 Å². The lowest BCUT2D eigenvalue weighted by Gasteiger charge is -2.34. The van der Waals surface area contributed by atoms with E-state index < -0.39 is 0 Å². The molecule has 0 bridgehead atoms. The quantitative estimate of drug-likeness (QED) is 0.850. The predicted octanol–water partition coefficient (Wildman–Crippen LogP) is 2.56. The molecule has 27 heavy (non-hydrogen) atoms. The van der Waals surface area contributed by atoms with E-state index in [4.69, 9.17) is 0 Å². The summed E-state index contributed by atoms with van der Waals surface area (Å²) in [6.07, 6.45) is 9.94. The molecule has 1 aliphatic heterocycles. The second kappa shape index (κ2) is 8.29. The molecular formula is C19H26N6OS. The van der Waals surface area contributed by atoms with Crippen LogP contribution in [0.25, 0.3) is 0 Å². The van der Waals surface area contributed by atoms with E-state index in [0.717, 1.165) is 63.1 Å². The minimum atomic E-state index is -0.0219.